The summed E-state index contributed by atoms with van der Waals surface area (Å²) in [5.74, 6) is 1.30. The van der Waals surface area contributed by atoms with Gasteiger partial charge in [0.2, 0.25) is 0 Å². The standard InChI is InChI=1S/C14H23NO/c1-11-3-6-13(10-15,7-4-11)14(16)8-5-12(2)9-14/h11-12,16H,3-9H2,1-2H3. The lowest BCUT2D eigenvalue weighted by Crippen LogP contribution is -2.47. The molecule has 0 saturated heterocycles. The van der Waals surface area contributed by atoms with Gasteiger partial charge in [0.25, 0.3) is 0 Å². The first-order chi connectivity index (χ1) is 7.51. The highest BCUT2D eigenvalue weighted by Crippen LogP contribution is 2.53. The van der Waals surface area contributed by atoms with Crippen LogP contribution < -0.4 is 0 Å². The van der Waals surface area contributed by atoms with Crippen molar-refractivity contribution < 1.29 is 5.11 Å². The maximum absolute atomic E-state index is 10.8. The van der Waals surface area contributed by atoms with Gasteiger partial charge in [-0.2, -0.15) is 5.26 Å². The number of hydrogen-bond donors (Lipinski definition) is 1. The van der Waals surface area contributed by atoms with Gasteiger partial charge in [0.1, 0.15) is 0 Å². The van der Waals surface area contributed by atoms with E-state index in [4.69, 9.17) is 0 Å². The second-order valence-corrected chi connectivity index (χ2v) is 6.26. The van der Waals surface area contributed by atoms with Gasteiger partial charge < -0.3 is 5.11 Å². The van der Waals surface area contributed by atoms with Crippen molar-refractivity contribution in [2.45, 2.75) is 64.4 Å². The van der Waals surface area contributed by atoms with Crippen molar-refractivity contribution in [2.24, 2.45) is 17.3 Å². The highest BCUT2D eigenvalue weighted by molar-refractivity contribution is 5.14. The summed E-state index contributed by atoms with van der Waals surface area (Å²) in [6, 6.07) is 2.49. The summed E-state index contributed by atoms with van der Waals surface area (Å²) in [7, 11) is 0. The molecule has 2 fully saturated rings. The van der Waals surface area contributed by atoms with Crippen LogP contribution in [0.4, 0.5) is 0 Å². The monoisotopic (exact) mass is 221 g/mol. The van der Waals surface area contributed by atoms with Crippen molar-refractivity contribution in [2.75, 3.05) is 0 Å². The molecule has 0 aromatic rings. The zero-order valence-electron chi connectivity index (χ0n) is 10.5. The molecule has 2 aliphatic rings. The zero-order chi connectivity index (χ0) is 11.8. The minimum Gasteiger partial charge on any atom is -0.388 e. The van der Waals surface area contributed by atoms with Gasteiger partial charge in [0, 0.05) is 0 Å². The lowest BCUT2D eigenvalue weighted by molar-refractivity contribution is -0.0740. The predicted molar refractivity (Wildman–Crippen MR) is 63.6 cm³/mol. The molecule has 2 aliphatic carbocycles. The highest BCUT2D eigenvalue weighted by atomic mass is 16.3. The molecule has 0 aliphatic heterocycles. The van der Waals surface area contributed by atoms with E-state index in [0.717, 1.165) is 50.9 Å². The Balaban J connectivity index is 2.19. The predicted octanol–water partition coefficient (Wildman–Crippen LogP) is 3.26. The first-order valence-corrected chi connectivity index (χ1v) is 6.65. The van der Waals surface area contributed by atoms with Crippen LogP contribution in [0, 0.1) is 28.6 Å². The van der Waals surface area contributed by atoms with Crippen molar-refractivity contribution in [3.63, 3.8) is 0 Å². The van der Waals surface area contributed by atoms with Gasteiger partial charge >= 0.3 is 0 Å². The third-order valence-electron chi connectivity index (χ3n) is 4.97. The van der Waals surface area contributed by atoms with E-state index in [-0.39, 0.29) is 0 Å². The first-order valence-electron chi connectivity index (χ1n) is 6.65. The Labute approximate surface area is 98.7 Å². The minimum atomic E-state index is -0.693. The number of hydrogen-bond acceptors (Lipinski definition) is 2. The SMILES string of the molecule is CC1CCC(C#N)(C2(O)CCC(C)C2)CC1. The molecule has 0 spiro atoms. The zero-order valence-corrected chi connectivity index (χ0v) is 10.5. The fraction of sp³-hybridized carbons (Fsp3) is 0.929. The van der Waals surface area contributed by atoms with E-state index in [1.54, 1.807) is 0 Å². The van der Waals surface area contributed by atoms with Crippen LogP contribution in [0.25, 0.3) is 0 Å². The topological polar surface area (TPSA) is 44.0 Å². The Morgan fingerprint density at radius 2 is 1.62 bits per heavy atom. The number of nitriles is 1. The van der Waals surface area contributed by atoms with Crippen molar-refractivity contribution in [3.05, 3.63) is 0 Å². The maximum Gasteiger partial charge on any atom is 0.0860 e. The molecule has 0 amide bonds. The van der Waals surface area contributed by atoms with Gasteiger partial charge in [-0.25, -0.2) is 0 Å². The van der Waals surface area contributed by atoms with Crippen molar-refractivity contribution in [1.82, 2.24) is 0 Å². The summed E-state index contributed by atoms with van der Waals surface area (Å²) in [4.78, 5) is 0. The van der Waals surface area contributed by atoms with Crippen LogP contribution in [0.5, 0.6) is 0 Å². The van der Waals surface area contributed by atoms with E-state index in [1.807, 2.05) is 0 Å². The molecule has 1 N–H and O–H groups in total. The summed E-state index contributed by atoms with van der Waals surface area (Å²) in [5, 5.41) is 20.3. The van der Waals surface area contributed by atoms with Crippen molar-refractivity contribution in [3.8, 4) is 6.07 Å². The third kappa shape index (κ3) is 1.76. The van der Waals surface area contributed by atoms with Crippen LogP contribution in [0.2, 0.25) is 0 Å². The second-order valence-electron chi connectivity index (χ2n) is 6.26. The van der Waals surface area contributed by atoms with E-state index >= 15 is 0 Å². The third-order valence-corrected chi connectivity index (χ3v) is 4.97. The second kappa shape index (κ2) is 4.04. The molecule has 2 saturated carbocycles. The molecule has 2 nitrogen and oxygen atoms in total. The molecular weight excluding hydrogens is 198 g/mol. The Bertz CT molecular complexity index is 298. The van der Waals surface area contributed by atoms with Gasteiger partial charge in [-0.1, -0.05) is 13.8 Å². The highest BCUT2D eigenvalue weighted by Gasteiger charge is 2.54. The number of rotatable bonds is 1. The molecule has 0 radical (unpaired) electrons. The summed E-state index contributed by atoms with van der Waals surface area (Å²) in [5.41, 5.74) is -1.13. The lowest BCUT2D eigenvalue weighted by Gasteiger charge is -2.44. The van der Waals surface area contributed by atoms with Gasteiger partial charge in [0.15, 0.2) is 0 Å². The Morgan fingerprint density at radius 1 is 1.06 bits per heavy atom. The molecule has 0 bridgehead atoms. The van der Waals surface area contributed by atoms with Crippen LogP contribution in [0.3, 0.4) is 0 Å². The van der Waals surface area contributed by atoms with E-state index in [0.29, 0.717) is 5.92 Å². The van der Waals surface area contributed by atoms with E-state index < -0.39 is 11.0 Å². The molecule has 2 rings (SSSR count). The molecule has 2 unspecified atom stereocenters. The maximum atomic E-state index is 10.8. The number of aliphatic hydroxyl groups is 1. The molecule has 0 aromatic carbocycles. The molecule has 0 aromatic heterocycles. The Hall–Kier alpha value is -0.550. The van der Waals surface area contributed by atoms with E-state index in [1.165, 1.54) is 0 Å². The Morgan fingerprint density at radius 3 is 2.06 bits per heavy atom. The normalized spacial score (nSPS) is 48.9. The summed E-state index contributed by atoms with van der Waals surface area (Å²) in [6.07, 6.45) is 6.73. The van der Waals surface area contributed by atoms with Crippen LogP contribution in [-0.4, -0.2) is 10.7 Å². The van der Waals surface area contributed by atoms with E-state index in [9.17, 15) is 10.4 Å². The summed E-state index contributed by atoms with van der Waals surface area (Å²) >= 11 is 0. The van der Waals surface area contributed by atoms with Gasteiger partial charge in [0.05, 0.1) is 17.1 Å². The van der Waals surface area contributed by atoms with Gasteiger partial charge in [-0.05, 0) is 56.8 Å². The van der Waals surface area contributed by atoms with E-state index in [2.05, 4.69) is 19.9 Å². The molecular formula is C14H23NO. The summed E-state index contributed by atoms with van der Waals surface area (Å²) < 4.78 is 0. The molecule has 2 heteroatoms. The average molecular weight is 221 g/mol. The van der Waals surface area contributed by atoms with Crippen LogP contribution >= 0.6 is 0 Å². The fourth-order valence-electron chi connectivity index (χ4n) is 3.64. The first kappa shape index (κ1) is 11.9. The molecule has 2 atom stereocenters. The Kier molecular flexibility index (Phi) is 3.01. The van der Waals surface area contributed by atoms with Crippen molar-refractivity contribution >= 4 is 0 Å². The van der Waals surface area contributed by atoms with Crippen LogP contribution in [0.15, 0.2) is 0 Å². The number of nitrogens with zero attached hydrogens (tertiary/aromatic N) is 1. The smallest absolute Gasteiger partial charge is 0.0860 e. The average Bonchev–Trinajstić information content (AvgIpc) is 2.62. The van der Waals surface area contributed by atoms with Gasteiger partial charge in [-0.3, -0.25) is 0 Å². The largest absolute Gasteiger partial charge is 0.388 e. The van der Waals surface area contributed by atoms with Crippen molar-refractivity contribution in [1.29, 1.82) is 5.26 Å². The van der Waals surface area contributed by atoms with Gasteiger partial charge in [-0.15, -0.1) is 0 Å². The van der Waals surface area contributed by atoms with Crippen LogP contribution in [0.1, 0.15) is 58.8 Å². The fourth-order valence-corrected chi connectivity index (χ4v) is 3.64. The van der Waals surface area contributed by atoms with Crippen LogP contribution in [-0.2, 0) is 0 Å². The molecule has 90 valence electrons. The quantitative estimate of drug-likeness (QED) is 0.738. The summed E-state index contributed by atoms with van der Waals surface area (Å²) in [6.45, 7) is 4.44. The molecule has 16 heavy (non-hydrogen) atoms. The molecule has 0 heterocycles. The lowest BCUT2D eigenvalue weighted by atomic mass is 9.61. The minimum absolute atomic E-state index is 0.440.